The first-order chi connectivity index (χ1) is 20.4. The minimum atomic E-state index is -0.686. The number of aromatic nitrogens is 2. The Morgan fingerprint density at radius 3 is 2.64 bits per heavy atom. The molecule has 3 aliphatic rings. The van der Waals surface area contributed by atoms with Gasteiger partial charge in [0.05, 0.1) is 11.7 Å². The molecule has 0 bridgehead atoms. The van der Waals surface area contributed by atoms with E-state index in [0.29, 0.717) is 52.0 Å². The number of nitrogens with zero attached hydrogens (tertiary/aromatic N) is 4. The Bertz CT molecular complexity index is 1550. The number of allylic oxidation sites excluding steroid dienone is 2. The maximum absolute atomic E-state index is 13.9. The van der Waals surface area contributed by atoms with Gasteiger partial charge in [-0.05, 0) is 55.0 Å². The lowest BCUT2D eigenvalue weighted by molar-refractivity contribution is -0.134. The highest BCUT2D eigenvalue weighted by atomic mass is 16.2. The van der Waals surface area contributed by atoms with Gasteiger partial charge < -0.3 is 25.3 Å². The third-order valence-corrected chi connectivity index (χ3v) is 8.67. The Kier molecular flexibility index (Phi) is 7.69. The number of nitrogens with one attached hydrogen (secondary N) is 3. The van der Waals surface area contributed by atoms with Gasteiger partial charge >= 0.3 is 12.1 Å². The molecule has 3 aromatic rings. The molecule has 0 radical (unpaired) electrons. The summed E-state index contributed by atoms with van der Waals surface area (Å²) in [4.78, 5) is 45.7. The van der Waals surface area contributed by atoms with E-state index in [0.717, 1.165) is 38.9 Å². The van der Waals surface area contributed by atoms with Crippen LogP contribution in [0.2, 0.25) is 0 Å². The highest BCUT2D eigenvalue weighted by Crippen LogP contribution is 2.28. The number of piperidine rings is 1. The highest BCUT2D eigenvalue weighted by Gasteiger charge is 2.35. The van der Waals surface area contributed by atoms with Gasteiger partial charge in [-0.3, -0.25) is 9.89 Å². The van der Waals surface area contributed by atoms with E-state index >= 15 is 0 Å². The molecule has 1 fully saturated rings. The van der Waals surface area contributed by atoms with E-state index < -0.39 is 6.04 Å². The van der Waals surface area contributed by atoms with Crippen molar-refractivity contribution < 1.29 is 14.4 Å². The summed E-state index contributed by atoms with van der Waals surface area (Å²) < 4.78 is 0. The molecule has 0 saturated carbocycles. The van der Waals surface area contributed by atoms with E-state index in [9.17, 15) is 14.4 Å². The Hall–Kier alpha value is -4.60. The lowest BCUT2D eigenvalue weighted by atomic mass is 9.98. The molecule has 1 atom stereocenters. The smallest absolute Gasteiger partial charge is 0.322 e. The molecule has 1 saturated heterocycles. The summed E-state index contributed by atoms with van der Waals surface area (Å²) in [5, 5.41) is 14.3. The molecule has 0 unspecified atom stereocenters. The van der Waals surface area contributed by atoms with Crippen LogP contribution in [0.15, 0.2) is 72.1 Å². The molecular formula is C32H37N7O3. The first-order valence-corrected chi connectivity index (χ1v) is 14.6. The number of H-pyrrole nitrogens is 1. The molecule has 5 amide bonds. The van der Waals surface area contributed by atoms with Crippen LogP contribution in [0.25, 0.3) is 10.9 Å². The monoisotopic (exact) mass is 567 g/mol. The minimum absolute atomic E-state index is 0.0486. The summed E-state index contributed by atoms with van der Waals surface area (Å²) in [6, 6.07) is 13.0. The summed E-state index contributed by atoms with van der Waals surface area (Å²) in [5.41, 5.74) is 6.03. The third-order valence-electron chi connectivity index (χ3n) is 8.67. The molecular weight excluding hydrogens is 530 g/mol. The predicted molar refractivity (Wildman–Crippen MR) is 160 cm³/mol. The number of amides is 5. The van der Waals surface area contributed by atoms with Crippen molar-refractivity contribution >= 4 is 28.9 Å². The maximum Gasteiger partial charge on any atom is 0.322 e. The average molecular weight is 568 g/mol. The first kappa shape index (κ1) is 27.6. The fourth-order valence-electron chi connectivity index (χ4n) is 6.33. The van der Waals surface area contributed by atoms with Crippen LogP contribution in [-0.2, 0) is 24.3 Å². The van der Waals surface area contributed by atoms with E-state index in [1.54, 1.807) is 4.90 Å². The zero-order valence-corrected chi connectivity index (χ0v) is 24.1. The second kappa shape index (κ2) is 11.7. The SMILES string of the molecule is C/C=C\C1=C(C)NC(=O)N(C2CCN(C(=O)N[C@@H]3Cc4ccc5[nH]ncc5c4CN(Cc4ccccc4)C3=O)CC2)C1. The lowest BCUT2D eigenvalue weighted by Gasteiger charge is -2.41. The van der Waals surface area contributed by atoms with Gasteiger partial charge in [0.2, 0.25) is 5.91 Å². The van der Waals surface area contributed by atoms with Gasteiger partial charge in [0.25, 0.3) is 0 Å². The second-order valence-electron chi connectivity index (χ2n) is 11.3. The van der Waals surface area contributed by atoms with Gasteiger partial charge in [-0.25, -0.2) is 9.59 Å². The number of carbonyl (C=O) groups is 3. The summed E-state index contributed by atoms with van der Waals surface area (Å²) in [6.45, 7) is 6.38. The van der Waals surface area contributed by atoms with Gasteiger partial charge in [-0.15, -0.1) is 0 Å². The number of aromatic amines is 1. The largest absolute Gasteiger partial charge is 0.332 e. The molecule has 3 aliphatic heterocycles. The Labute approximate surface area is 245 Å². The van der Waals surface area contributed by atoms with Crippen LogP contribution >= 0.6 is 0 Å². The summed E-state index contributed by atoms with van der Waals surface area (Å²) in [7, 11) is 0. The van der Waals surface area contributed by atoms with Gasteiger partial charge in [-0.1, -0.05) is 48.6 Å². The van der Waals surface area contributed by atoms with Gasteiger partial charge in [0, 0.05) is 56.3 Å². The molecule has 42 heavy (non-hydrogen) atoms. The number of carbonyl (C=O) groups excluding carboxylic acids is 3. The first-order valence-electron chi connectivity index (χ1n) is 14.6. The van der Waals surface area contributed by atoms with Crippen molar-refractivity contribution in [3.05, 3.63) is 88.8 Å². The van der Waals surface area contributed by atoms with Crippen molar-refractivity contribution in [1.82, 2.24) is 35.5 Å². The van der Waals surface area contributed by atoms with E-state index in [-0.39, 0.29) is 24.0 Å². The molecule has 6 rings (SSSR count). The van der Waals surface area contributed by atoms with Crippen molar-refractivity contribution in [2.24, 2.45) is 0 Å². The van der Waals surface area contributed by atoms with Crippen molar-refractivity contribution in [2.75, 3.05) is 19.6 Å². The predicted octanol–water partition coefficient (Wildman–Crippen LogP) is 4.07. The van der Waals surface area contributed by atoms with Crippen LogP contribution in [0.3, 0.4) is 0 Å². The Morgan fingerprint density at radius 1 is 1.10 bits per heavy atom. The number of hydrogen-bond donors (Lipinski definition) is 3. The molecule has 0 aliphatic carbocycles. The molecule has 2 aromatic carbocycles. The number of urea groups is 2. The Morgan fingerprint density at radius 2 is 1.88 bits per heavy atom. The van der Waals surface area contributed by atoms with Crippen LogP contribution in [0.5, 0.6) is 0 Å². The molecule has 218 valence electrons. The summed E-state index contributed by atoms with van der Waals surface area (Å²) >= 11 is 0. The standard InChI is InChI=1S/C32H37N7O3/c1-3-7-24-19-39(32(42)34-21(24)2)25-12-14-37(15-13-25)31(41)35-29-16-23-10-11-28-26(17-33-36-28)27(23)20-38(30(29)40)18-22-8-5-4-6-9-22/h3-11,17,25,29H,12-16,18-20H2,1-2H3,(H,33,36)(H,34,42)(H,35,41)/b7-3-/t29-/m1/s1. The molecule has 10 nitrogen and oxygen atoms in total. The zero-order valence-electron chi connectivity index (χ0n) is 24.1. The number of rotatable bonds is 5. The number of hydrogen-bond acceptors (Lipinski definition) is 4. The minimum Gasteiger partial charge on any atom is -0.332 e. The fourth-order valence-corrected chi connectivity index (χ4v) is 6.33. The molecule has 1 aromatic heterocycles. The van der Waals surface area contributed by atoms with Gasteiger partial charge in [0.15, 0.2) is 0 Å². The van der Waals surface area contributed by atoms with E-state index in [1.807, 2.05) is 84.5 Å². The second-order valence-corrected chi connectivity index (χ2v) is 11.3. The third kappa shape index (κ3) is 5.48. The molecule has 0 spiro atoms. The van der Waals surface area contributed by atoms with Crippen molar-refractivity contribution in [3.8, 4) is 0 Å². The fraction of sp³-hybridized carbons (Fsp3) is 0.375. The molecule has 10 heteroatoms. The van der Waals surface area contributed by atoms with Crippen molar-refractivity contribution in [3.63, 3.8) is 0 Å². The molecule has 4 heterocycles. The lowest BCUT2D eigenvalue weighted by Crippen LogP contribution is -2.57. The van der Waals surface area contributed by atoms with Crippen LogP contribution in [0.4, 0.5) is 9.59 Å². The van der Waals surface area contributed by atoms with Crippen LogP contribution in [0, 0.1) is 0 Å². The van der Waals surface area contributed by atoms with Crippen molar-refractivity contribution in [1.29, 1.82) is 0 Å². The van der Waals surface area contributed by atoms with E-state index in [1.165, 1.54) is 0 Å². The average Bonchev–Trinajstić information content (AvgIpc) is 3.44. The Balaban J connectivity index is 1.16. The van der Waals surface area contributed by atoms with Gasteiger partial charge in [0.1, 0.15) is 6.04 Å². The van der Waals surface area contributed by atoms with E-state index in [4.69, 9.17) is 0 Å². The summed E-state index contributed by atoms with van der Waals surface area (Å²) in [6.07, 6.45) is 7.60. The number of likely N-dealkylation sites (tertiary alicyclic amines) is 1. The number of benzene rings is 2. The van der Waals surface area contributed by atoms with E-state index in [2.05, 4.69) is 20.8 Å². The highest BCUT2D eigenvalue weighted by molar-refractivity contribution is 5.90. The number of fused-ring (bicyclic) bond motifs is 3. The summed E-state index contributed by atoms with van der Waals surface area (Å²) in [5.74, 6) is -0.0985. The zero-order chi connectivity index (χ0) is 29.2. The van der Waals surface area contributed by atoms with Crippen LogP contribution < -0.4 is 10.6 Å². The quantitative estimate of drug-likeness (QED) is 0.431. The van der Waals surface area contributed by atoms with Crippen LogP contribution in [-0.4, -0.2) is 74.6 Å². The van der Waals surface area contributed by atoms with Crippen molar-refractivity contribution in [2.45, 2.75) is 58.3 Å². The maximum atomic E-state index is 13.9. The molecule has 3 N–H and O–H groups in total. The van der Waals surface area contributed by atoms with Crippen LogP contribution in [0.1, 0.15) is 43.4 Å². The topological polar surface area (TPSA) is 114 Å². The normalized spacial score (nSPS) is 20.2. The van der Waals surface area contributed by atoms with Gasteiger partial charge in [-0.2, -0.15) is 5.10 Å².